The second kappa shape index (κ2) is 4.67. The first-order chi connectivity index (χ1) is 8.43. The Bertz CT molecular complexity index is 424. The molecule has 0 aliphatic carbocycles. The minimum Gasteiger partial charge on any atom is -0.309 e. The molecule has 0 saturated carbocycles. The summed E-state index contributed by atoms with van der Waals surface area (Å²) in [6, 6.07) is 19.5. The van der Waals surface area contributed by atoms with Crippen LogP contribution in [0.2, 0.25) is 0 Å². The zero-order valence-corrected chi connectivity index (χ0v) is 9.15. The van der Waals surface area contributed by atoms with E-state index in [0.29, 0.717) is 0 Å². The van der Waals surface area contributed by atoms with Gasteiger partial charge in [-0.25, -0.2) is 0 Å². The fourth-order valence-electron chi connectivity index (χ4n) is 1.75. The maximum absolute atomic E-state index is 5.69. The van der Waals surface area contributed by atoms with E-state index in [2.05, 4.69) is 0 Å². The van der Waals surface area contributed by atoms with E-state index in [1.807, 2.05) is 60.7 Å². The van der Waals surface area contributed by atoms with Crippen LogP contribution in [-0.4, -0.2) is 0 Å². The van der Waals surface area contributed by atoms with E-state index in [9.17, 15) is 0 Å². The molecule has 1 fully saturated rings. The second-order valence-corrected chi connectivity index (χ2v) is 3.81. The van der Waals surface area contributed by atoms with Gasteiger partial charge in [-0.05, 0) is 0 Å². The van der Waals surface area contributed by atoms with Crippen LogP contribution in [0.4, 0.5) is 0 Å². The Hall–Kier alpha value is -1.68. The van der Waals surface area contributed by atoms with E-state index in [1.165, 1.54) is 0 Å². The Balaban J connectivity index is 1.75. The van der Waals surface area contributed by atoms with Gasteiger partial charge in [0.25, 0.3) is 0 Å². The van der Waals surface area contributed by atoms with E-state index in [4.69, 9.17) is 14.5 Å². The molecule has 3 rings (SSSR count). The molecule has 0 amide bonds. The van der Waals surface area contributed by atoms with Gasteiger partial charge in [0.2, 0.25) is 12.6 Å². The fraction of sp³-hybridized carbons (Fsp3) is 0.143. The van der Waals surface area contributed by atoms with Crippen LogP contribution in [0.15, 0.2) is 60.7 Å². The molecule has 0 spiro atoms. The van der Waals surface area contributed by atoms with Crippen LogP contribution in [0.3, 0.4) is 0 Å². The lowest BCUT2D eigenvalue weighted by molar-refractivity contribution is -0.300. The smallest absolute Gasteiger partial charge is 0.220 e. The lowest BCUT2D eigenvalue weighted by atomic mass is 10.2. The summed E-state index contributed by atoms with van der Waals surface area (Å²) in [5.74, 6) is 0. The van der Waals surface area contributed by atoms with Crippen LogP contribution < -0.4 is 0 Å². The predicted octanol–water partition coefficient (Wildman–Crippen LogP) is 3.36. The van der Waals surface area contributed by atoms with Crippen molar-refractivity contribution in [2.75, 3.05) is 0 Å². The van der Waals surface area contributed by atoms with Gasteiger partial charge in [0.15, 0.2) is 0 Å². The van der Waals surface area contributed by atoms with E-state index in [1.54, 1.807) is 0 Å². The number of ether oxygens (including phenoxy) is 1. The summed E-state index contributed by atoms with van der Waals surface area (Å²) in [6.45, 7) is 0. The molecule has 86 valence electrons. The van der Waals surface area contributed by atoms with E-state index in [0.717, 1.165) is 11.1 Å². The van der Waals surface area contributed by atoms with Crippen molar-refractivity contribution in [2.24, 2.45) is 0 Å². The standard InChI is InChI=1S/C14H12O3/c1-3-7-11(8-4-1)13-15-14(17-16-13)12-9-5-2-6-10-12/h1-10,13-14H. The van der Waals surface area contributed by atoms with E-state index in [-0.39, 0.29) is 0 Å². The van der Waals surface area contributed by atoms with Crippen molar-refractivity contribution < 1.29 is 14.5 Å². The highest BCUT2D eigenvalue weighted by molar-refractivity contribution is 5.18. The molecular weight excluding hydrogens is 216 g/mol. The molecule has 0 aromatic heterocycles. The van der Waals surface area contributed by atoms with Gasteiger partial charge in [-0.1, -0.05) is 60.7 Å². The van der Waals surface area contributed by atoms with Crippen molar-refractivity contribution in [1.29, 1.82) is 0 Å². The van der Waals surface area contributed by atoms with Crippen molar-refractivity contribution in [3.8, 4) is 0 Å². The summed E-state index contributed by atoms with van der Waals surface area (Å²) < 4.78 is 5.69. The molecule has 1 saturated heterocycles. The molecule has 17 heavy (non-hydrogen) atoms. The van der Waals surface area contributed by atoms with Crippen LogP contribution in [-0.2, 0) is 14.5 Å². The Morgan fingerprint density at radius 1 is 0.588 bits per heavy atom. The van der Waals surface area contributed by atoms with Crippen molar-refractivity contribution in [1.82, 2.24) is 0 Å². The third-order valence-corrected chi connectivity index (χ3v) is 2.62. The zero-order chi connectivity index (χ0) is 11.5. The van der Waals surface area contributed by atoms with Gasteiger partial charge < -0.3 is 4.74 Å². The molecule has 3 heteroatoms. The summed E-state index contributed by atoms with van der Waals surface area (Å²) in [6.07, 6.45) is -0.914. The average molecular weight is 228 g/mol. The topological polar surface area (TPSA) is 27.7 Å². The molecule has 0 bridgehead atoms. The molecule has 1 heterocycles. The Morgan fingerprint density at radius 3 is 1.41 bits per heavy atom. The molecule has 2 aromatic carbocycles. The molecule has 0 radical (unpaired) electrons. The van der Waals surface area contributed by atoms with Gasteiger partial charge in [0, 0.05) is 11.1 Å². The van der Waals surface area contributed by atoms with Crippen molar-refractivity contribution in [3.05, 3.63) is 71.8 Å². The summed E-state index contributed by atoms with van der Waals surface area (Å²) >= 11 is 0. The third-order valence-electron chi connectivity index (χ3n) is 2.62. The Labute approximate surface area is 99.5 Å². The van der Waals surface area contributed by atoms with Gasteiger partial charge in [-0.15, -0.1) is 0 Å². The lowest BCUT2D eigenvalue weighted by Gasteiger charge is -2.08. The lowest BCUT2D eigenvalue weighted by Crippen LogP contribution is -2.00. The molecule has 2 atom stereocenters. The Morgan fingerprint density at radius 2 is 1.00 bits per heavy atom. The zero-order valence-electron chi connectivity index (χ0n) is 9.15. The number of benzene rings is 2. The van der Waals surface area contributed by atoms with Gasteiger partial charge in [-0.3, -0.25) is 0 Å². The van der Waals surface area contributed by atoms with Crippen molar-refractivity contribution in [3.63, 3.8) is 0 Å². The first-order valence-electron chi connectivity index (χ1n) is 5.51. The minimum atomic E-state index is -0.457. The molecule has 3 nitrogen and oxygen atoms in total. The maximum atomic E-state index is 5.69. The SMILES string of the molecule is c1ccc(C2OOC(c3ccccc3)O2)cc1. The second-order valence-electron chi connectivity index (χ2n) is 3.81. The highest BCUT2D eigenvalue weighted by atomic mass is 17.3. The van der Waals surface area contributed by atoms with Crippen molar-refractivity contribution >= 4 is 0 Å². The maximum Gasteiger partial charge on any atom is 0.220 e. The monoisotopic (exact) mass is 228 g/mol. The summed E-state index contributed by atoms with van der Waals surface area (Å²) in [4.78, 5) is 10.4. The van der Waals surface area contributed by atoms with Gasteiger partial charge in [0.1, 0.15) is 0 Å². The van der Waals surface area contributed by atoms with Crippen LogP contribution in [0.5, 0.6) is 0 Å². The number of hydrogen-bond acceptors (Lipinski definition) is 3. The first-order valence-corrected chi connectivity index (χ1v) is 5.51. The third kappa shape index (κ3) is 2.22. The molecule has 2 unspecified atom stereocenters. The van der Waals surface area contributed by atoms with Gasteiger partial charge >= 0.3 is 0 Å². The van der Waals surface area contributed by atoms with Crippen LogP contribution in [0, 0.1) is 0 Å². The quantitative estimate of drug-likeness (QED) is 0.737. The first kappa shape index (κ1) is 10.5. The predicted molar refractivity (Wildman–Crippen MR) is 61.6 cm³/mol. The Kier molecular flexibility index (Phi) is 2.88. The average Bonchev–Trinajstić information content (AvgIpc) is 2.90. The highest BCUT2D eigenvalue weighted by Gasteiger charge is 2.30. The molecule has 1 aliphatic rings. The molecular formula is C14H12O3. The summed E-state index contributed by atoms with van der Waals surface area (Å²) in [7, 11) is 0. The fourth-order valence-corrected chi connectivity index (χ4v) is 1.75. The highest BCUT2D eigenvalue weighted by Crippen LogP contribution is 2.35. The van der Waals surface area contributed by atoms with Crippen LogP contribution in [0.25, 0.3) is 0 Å². The van der Waals surface area contributed by atoms with Crippen molar-refractivity contribution in [2.45, 2.75) is 12.6 Å². The minimum absolute atomic E-state index is 0.457. The summed E-state index contributed by atoms with van der Waals surface area (Å²) in [5, 5.41) is 0. The number of hydrogen-bond donors (Lipinski definition) is 0. The number of rotatable bonds is 2. The van der Waals surface area contributed by atoms with Gasteiger partial charge in [-0.2, -0.15) is 9.78 Å². The van der Waals surface area contributed by atoms with E-state index >= 15 is 0 Å². The van der Waals surface area contributed by atoms with Crippen LogP contribution >= 0.6 is 0 Å². The van der Waals surface area contributed by atoms with E-state index < -0.39 is 12.6 Å². The van der Waals surface area contributed by atoms with Crippen LogP contribution in [0.1, 0.15) is 23.7 Å². The largest absolute Gasteiger partial charge is 0.309 e. The van der Waals surface area contributed by atoms with Gasteiger partial charge in [0.05, 0.1) is 0 Å². The normalized spacial score (nSPS) is 23.8. The summed E-state index contributed by atoms with van der Waals surface area (Å²) in [5.41, 5.74) is 1.90. The molecule has 0 N–H and O–H groups in total. The molecule has 1 aliphatic heterocycles. The molecule has 2 aromatic rings.